The molecule has 0 heterocycles. The van der Waals surface area contributed by atoms with Crippen molar-refractivity contribution in [3.05, 3.63) is 0 Å². The van der Waals surface area contributed by atoms with Crippen molar-refractivity contribution in [3.8, 4) is 0 Å². The van der Waals surface area contributed by atoms with Gasteiger partial charge < -0.3 is 5.11 Å². The SMILES string of the molecule is CC(C)(O)C(Cl)Cl. The highest BCUT2D eigenvalue weighted by molar-refractivity contribution is 6.45. The minimum Gasteiger partial charge on any atom is -0.388 e. The lowest BCUT2D eigenvalue weighted by Gasteiger charge is -2.16. The summed E-state index contributed by atoms with van der Waals surface area (Å²) in [6.45, 7) is 3.11. The molecule has 0 aliphatic rings. The summed E-state index contributed by atoms with van der Waals surface area (Å²) >= 11 is 10.5. The van der Waals surface area contributed by atoms with Crippen molar-refractivity contribution in [2.45, 2.75) is 24.3 Å². The summed E-state index contributed by atoms with van der Waals surface area (Å²) in [6, 6.07) is 0. The Hall–Kier alpha value is 0.540. The Kier molecular flexibility index (Phi) is 2.38. The molecule has 0 aromatic rings. The van der Waals surface area contributed by atoms with Crippen molar-refractivity contribution < 1.29 is 5.11 Å². The molecule has 44 valence electrons. The third kappa shape index (κ3) is 3.15. The molecule has 0 bridgehead atoms. The molecule has 0 aliphatic heterocycles. The van der Waals surface area contributed by atoms with E-state index < -0.39 is 10.4 Å². The Morgan fingerprint density at radius 1 is 1.43 bits per heavy atom. The molecule has 0 rings (SSSR count). The summed E-state index contributed by atoms with van der Waals surface area (Å²) in [6.07, 6.45) is 0. The zero-order valence-electron chi connectivity index (χ0n) is 4.28. The van der Waals surface area contributed by atoms with E-state index in [2.05, 4.69) is 0 Å². The second kappa shape index (κ2) is 2.21. The van der Waals surface area contributed by atoms with Crippen molar-refractivity contribution in [3.63, 3.8) is 0 Å². The van der Waals surface area contributed by atoms with Gasteiger partial charge in [0, 0.05) is 0 Å². The van der Waals surface area contributed by atoms with Crippen LogP contribution in [0.15, 0.2) is 0 Å². The number of halogens is 2. The van der Waals surface area contributed by atoms with Gasteiger partial charge in [0.25, 0.3) is 0 Å². The topological polar surface area (TPSA) is 20.2 Å². The fraction of sp³-hybridized carbons (Fsp3) is 1.00. The van der Waals surface area contributed by atoms with Crippen LogP contribution in [0.4, 0.5) is 0 Å². The summed E-state index contributed by atoms with van der Waals surface area (Å²) < 4.78 is 0. The lowest BCUT2D eigenvalue weighted by atomic mass is 10.2. The molecule has 0 fully saturated rings. The van der Waals surface area contributed by atoms with E-state index in [1.165, 1.54) is 0 Å². The molecule has 0 spiro atoms. The summed E-state index contributed by atoms with van der Waals surface area (Å²) in [5, 5.41) is 8.83. The summed E-state index contributed by atoms with van der Waals surface area (Å²) in [4.78, 5) is -0.701. The highest BCUT2D eigenvalue weighted by Crippen LogP contribution is 2.17. The number of hydrogen-bond acceptors (Lipinski definition) is 1. The average molecular weight is 143 g/mol. The van der Waals surface area contributed by atoms with Gasteiger partial charge in [-0.2, -0.15) is 0 Å². The maximum Gasteiger partial charge on any atom is 0.135 e. The lowest BCUT2D eigenvalue weighted by molar-refractivity contribution is 0.0952. The fourth-order valence-electron chi connectivity index (χ4n) is 0. The van der Waals surface area contributed by atoms with Gasteiger partial charge >= 0.3 is 0 Å². The lowest BCUT2D eigenvalue weighted by Crippen LogP contribution is -2.26. The molecule has 0 unspecified atom stereocenters. The Balaban J connectivity index is 3.54. The number of alkyl halides is 2. The summed E-state index contributed by atoms with van der Waals surface area (Å²) in [5.41, 5.74) is -0.969. The average Bonchev–Trinajstić information content (AvgIpc) is 1.31. The molecule has 0 amide bonds. The van der Waals surface area contributed by atoms with E-state index in [0.29, 0.717) is 0 Å². The Bertz CT molecular complexity index is 55.2. The largest absolute Gasteiger partial charge is 0.388 e. The smallest absolute Gasteiger partial charge is 0.135 e. The van der Waals surface area contributed by atoms with Gasteiger partial charge in [-0.05, 0) is 13.8 Å². The van der Waals surface area contributed by atoms with Crippen molar-refractivity contribution in [2.24, 2.45) is 0 Å². The summed E-state index contributed by atoms with van der Waals surface area (Å²) in [5.74, 6) is 0. The van der Waals surface area contributed by atoms with Crippen LogP contribution in [-0.2, 0) is 0 Å². The molecule has 0 saturated carbocycles. The van der Waals surface area contributed by atoms with Gasteiger partial charge in [-0.1, -0.05) is 0 Å². The van der Waals surface area contributed by atoms with E-state index in [1.807, 2.05) is 0 Å². The van der Waals surface area contributed by atoms with Crippen LogP contribution < -0.4 is 0 Å². The van der Waals surface area contributed by atoms with E-state index >= 15 is 0 Å². The van der Waals surface area contributed by atoms with E-state index in [-0.39, 0.29) is 0 Å². The van der Waals surface area contributed by atoms with E-state index in [0.717, 1.165) is 0 Å². The van der Waals surface area contributed by atoms with Gasteiger partial charge in [0.1, 0.15) is 4.84 Å². The molecule has 3 heteroatoms. The van der Waals surface area contributed by atoms with Crippen LogP contribution in [0.25, 0.3) is 0 Å². The van der Waals surface area contributed by atoms with E-state index in [1.54, 1.807) is 13.8 Å². The number of aliphatic hydroxyl groups is 1. The monoisotopic (exact) mass is 142 g/mol. The zero-order chi connectivity index (χ0) is 6.08. The Morgan fingerprint density at radius 3 is 1.57 bits per heavy atom. The molecule has 0 aromatic heterocycles. The van der Waals surface area contributed by atoms with Crippen molar-refractivity contribution in [1.82, 2.24) is 0 Å². The van der Waals surface area contributed by atoms with Gasteiger partial charge in [-0.3, -0.25) is 0 Å². The molecular weight excluding hydrogens is 135 g/mol. The molecule has 0 radical (unpaired) electrons. The van der Waals surface area contributed by atoms with Crippen LogP contribution in [0.5, 0.6) is 0 Å². The normalized spacial score (nSPS) is 12.9. The van der Waals surface area contributed by atoms with E-state index in [4.69, 9.17) is 28.3 Å². The molecule has 0 atom stereocenters. The number of hydrogen-bond donors (Lipinski definition) is 1. The molecule has 1 N–H and O–H groups in total. The van der Waals surface area contributed by atoms with Crippen LogP contribution in [-0.4, -0.2) is 15.5 Å². The molecule has 0 aliphatic carbocycles. The third-order valence-electron chi connectivity index (χ3n) is 0.534. The first-order valence-electron chi connectivity index (χ1n) is 1.95. The maximum absolute atomic E-state index is 8.83. The van der Waals surface area contributed by atoms with Gasteiger partial charge in [0.05, 0.1) is 5.60 Å². The van der Waals surface area contributed by atoms with Crippen molar-refractivity contribution in [1.29, 1.82) is 0 Å². The van der Waals surface area contributed by atoms with Crippen LogP contribution in [0, 0.1) is 0 Å². The highest BCUT2D eigenvalue weighted by atomic mass is 35.5. The van der Waals surface area contributed by atoms with Crippen LogP contribution in [0.1, 0.15) is 13.8 Å². The first-order valence-corrected chi connectivity index (χ1v) is 2.82. The van der Waals surface area contributed by atoms with Gasteiger partial charge in [0.2, 0.25) is 0 Å². The fourth-order valence-corrected chi connectivity index (χ4v) is 0. The zero-order valence-corrected chi connectivity index (χ0v) is 5.79. The first-order chi connectivity index (χ1) is 2.94. The minimum absolute atomic E-state index is 0.701. The Labute approximate surface area is 53.2 Å². The predicted octanol–water partition coefficient (Wildman–Crippen LogP) is 1.56. The summed E-state index contributed by atoms with van der Waals surface area (Å²) in [7, 11) is 0. The van der Waals surface area contributed by atoms with Crippen LogP contribution in [0.3, 0.4) is 0 Å². The van der Waals surface area contributed by atoms with E-state index in [9.17, 15) is 0 Å². The van der Waals surface area contributed by atoms with Crippen molar-refractivity contribution in [2.75, 3.05) is 0 Å². The molecular formula is C4H8Cl2O. The van der Waals surface area contributed by atoms with Gasteiger partial charge in [0.15, 0.2) is 0 Å². The quantitative estimate of drug-likeness (QED) is 0.552. The standard InChI is InChI=1S/C4H8Cl2O/c1-4(2,7)3(5)6/h3,7H,1-2H3. The predicted molar refractivity (Wildman–Crippen MR) is 31.8 cm³/mol. The first kappa shape index (κ1) is 7.54. The second-order valence-electron chi connectivity index (χ2n) is 1.95. The van der Waals surface area contributed by atoms with Crippen molar-refractivity contribution >= 4 is 23.2 Å². The Morgan fingerprint density at radius 2 is 1.57 bits per heavy atom. The minimum atomic E-state index is -0.969. The molecule has 7 heavy (non-hydrogen) atoms. The second-order valence-corrected chi connectivity index (χ2v) is 3.05. The number of rotatable bonds is 1. The molecule has 1 nitrogen and oxygen atoms in total. The van der Waals surface area contributed by atoms with Crippen LogP contribution >= 0.6 is 23.2 Å². The molecule has 0 saturated heterocycles. The maximum atomic E-state index is 8.83. The third-order valence-corrected chi connectivity index (χ3v) is 1.60. The van der Waals surface area contributed by atoms with Crippen LogP contribution in [0.2, 0.25) is 0 Å². The molecule has 0 aromatic carbocycles. The highest BCUT2D eigenvalue weighted by Gasteiger charge is 2.21. The van der Waals surface area contributed by atoms with Gasteiger partial charge in [-0.15, -0.1) is 23.2 Å². The van der Waals surface area contributed by atoms with Gasteiger partial charge in [-0.25, -0.2) is 0 Å².